The number of aromatic amines is 1. The Hall–Kier alpha value is -3.34. The van der Waals surface area contributed by atoms with Crippen LogP contribution in [-0.4, -0.2) is 44.6 Å². The maximum atomic E-state index is 11.8. The number of rotatable bonds is 3. The predicted octanol–water partition coefficient (Wildman–Crippen LogP) is 3.94. The fraction of sp³-hybridized carbons (Fsp3) is 0.320. The van der Waals surface area contributed by atoms with E-state index in [1.807, 2.05) is 0 Å². The van der Waals surface area contributed by atoms with Crippen molar-refractivity contribution in [3.05, 3.63) is 74.0 Å². The van der Waals surface area contributed by atoms with Crippen molar-refractivity contribution in [2.24, 2.45) is 11.7 Å². The van der Waals surface area contributed by atoms with E-state index in [2.05, 4.69) is 24.7 Å². The normalized spacial score (nSPS) is 15.1. The van der Waals surface area contributed by atoms with Crippen LogP contribution in [0.5, 0.6) is 0 Å². The molecule has 1 unspecified atom stereocenters. The lowest BCUT2D eigenvalue weighted by Crippen LogP contribution is -2.19. The third-order valence-electron chi connectivity index (χ3n) is 5.69. The van der Waals surface area contributed by atoms with Gasteiger partial charge in [-0.05, 0) is 56.4 Å². The Bertz CT molecular complexity index is 1360. The summed E-state index contributed by atoms with van der Waals surface area (Å²) in [5.74, 6) is -0.361. The average Bonchev–Trinajstić information content (AvgIpc) is 3.53. The number of H-pyrrole nitrogens is 1. The van der Waals surface area contributed by atoms with Crippen molar-refractivity contribution in [3.63, 3.8) is 0 Å². The number of carbonyl (C=O) groups is 2. The first-order chi connectivity index (χ1) is 17.7. The van der Waals surface area contributed by atoms with Crippen LogP contribution in [0.2, 0.25) is 10.0 Å². The second-order valence-electron chi connectivity index (χ2n) is 8.26. The van der Waals surface area contributed by atoms with Gasteiger partial charge in [0.2, 0.25) is 0 Å². The molecular formula is C25H27Cl3N6O4. The lowest BCUT2D eigenvalue weighted by molar-refractivity contribution is -0.148. The summed E-state index contributed by atoms with van der Waals surface area (Å²) in [6.45, 7) is 0. The molecule has 0 aliphatic heterocycles. The topological polar surface area (TPSA) is 165 Å². The summed E-state index contributed by atoms with van der Waals surface area (Å²) in [4.78, 5) is 48.7. The van der Waals surface area contributed by atoms with Crippen LogP contribution >= 0.6 is 35.6 Å². The average molecular weight is 582 g/mol. The third-order valence-corrected chi connectivity index (χ3v) is 6.16. The molecule has 0 aromatic carbocycles. The summed E-state index contributed by atoms with van der Waals surface area (Å²) >= 11 is 11.5. The van der Waals surface area contributed by atoms with Gasteiger partial charge in [-0.3, -0.25) is 29.8 Å². The van der Waals surface area contributed by atoms with E-state index in [0.29, 0.717) is 40.1 Å². The molecule has 0 bridgehead atoms. The van der Waals surface area contributed by atoms with Gasteiger partial charge < -0.3 is 15.5 Å². The highest BCUT2D eigenvalue weighted by Gasteiger charge is 2.31. The number of ether oxygens (including phenoxy) is 1. The molecule has 2 aliphatic rings. The molecule has 2 aliphatic carbocycles. The summed E-state index contributed by atoms with van der Waals surface area (Å²) in [6, 6.07) is 6.57. The molecule has 3 aromatic heterocycles. The Kier molecular flexibility index (Phi) is 11.8. The van der Waals surface area contributed by atoms with Crippen LogP contribution in [-0.2, 0) is 27.2 Å². The minimum atomic E-state index is -0.454. The molecule has 3 heterocycles. The van der Waals surface area contributed by atoms with E-state index >= 15 is 0 Å². The van der Waals surface area contributed by atoms with Crippen molar-refractivity contribution in [1.82, 2.24) is 19.9 Å². The number of nitrogens with zero attached hydrogens (tertiary/aromatic N) is 3. The molecular weight excluding hydrogens is 555 g/mol. The summed E-state index contributed by atoms with van der Waals surface area (Å²) in [5, 5.41) is 8.11. The summed E-state index contributed by atoms with van der Waals surface area (Å²) < 4.78 is 4.44. The van der Waals surface area contributed by atoms with Crippen molar-refractivity contribution in [1.29, 1.82) is 5.41 Å². The number of methoxy groups -OCH3 is 1. The highest BCUT2D eigenvalue weighted by Crippen LogP contribution is 2.22. The van der Waals surface area contributed by atoms with Gasteiger partial charge in [0.05, 0.1) is 12.8 Å². The number of nitrogens with two attached hydrogens (primary N) is 1. The van der Waals surface area contributed by atoms with Gasteiger partial charge in [0.1, 0.15) is 28.9 Å². The van der Waals surface area contributed by atoms with E-state index in [-0.39, 0.29) is 35.6 Å². The van der Waals surface area contributed by atoms with Gasteiger partial charge in [0.25, 0.3) is 5.56 Å². The Labute approximate surface area is 235 Å². The molecule has 10 nitrogen and oxygen atoms in total. The zero-order valence-corrected chi connectivity index (χ0v) is 22.8. The van der Waals surface area contributed by atoms with Crippen LogP contribution in [0.15, 0.2) is 41.5 Å². The first kappa shape index (κ1) is 30.9. The van der Waals surface area contributed by atoms with Crippen LogP contribution in [0, 0.1) is 11.3 Å². The van der Waals surface area contributed by atoms with E-state index in [1.165, 1.54) is 13.3 Å². The standard InChI is InChI=1S/C12H10ClN3O.C7H10O3.C6H6ClN3.ClH/c13-7-4-5-14-10(6-7)11-15-9-3-1-2-8(9)12(17)16-11;1-10-7(9)5-3-2-4-6(5)8;7-4-1-2-10-5(3-4)6(8)9;/h4-6H,1-3H2,(H,15,16,17);5H,2-4H2,1H3;1-3H,(H3,8,9);1H. The number of fused-ring (bicyclic) bond motifs is 1. The minimum Gasteiger partial charge on any atom is -0.468 e. The highest BCUT2D eigenvalue weighted by atomic mass is 35.5. The summed E-state index contributed by atoms with van der Waals surface area (Å²) in [6.07, 6.45) is 7.85. The van der Waals surface area contributed by atoms with Crippen molar-refractivity contribution in [2.75, 3.05) is 7.11 Å². The van der Waals surface area contributed by atoms with Gasteiger partial charge in [0.15, 0.2) is 5.82 Å². The maximum absolute atomic E-state index is 11.8. The van der Waals surface area contributed by atoms with Crippen LogP contribution in [0.3, 0.4) is 0 Å². The van der Waals surface area contributed by atoms with E-state index in [0.717, 1.165) is 36.9 Å². The zero-order chi connectivity index (χ0) is 26.9. The monoisotopic (exact) mass is 580 g/mol. The van der Waals surface area contributed by atoms with Crippen molar-refractivity contribution >= 4 is 53.2 Å². The fourth-order valence-corrected chi connectivity index (χ4v) is 4.18. The molecule has 13 heteroatoms. The van der Waals surface area contributed by atoms with Gasteiger partial charge in [-0.15, -0.1) is 12.4 Å². The van der Waals surface area contributed by atoms with Crippen molar-refractivity contribution in [2.45, 2.75) is 38.5 Å². The zero-order valence-electron chi connectivity index (χ0n) is 20.5. The lowest BCUT2D eigenvalue weighted by atomic mass is 10.1. The first-order valence-corrected chi connectivity index (χ1v) is 12.3. The highest BCUT2D eigenvalue weighted by molar-refractivity contribution is 6.31. The quantitative estimate of drug-likeness (QED) is 0.181. The first-order valence-electron chi connectivity index (χ1n) is 11.5. The second-order valence-corrected chi connectivity index (χ2v) is 9.13. The molecule has 0 amide bonds. The third kappa shape index (κ3) is 8.34. The molecule has 5 rings (SSSR count). The van der Waals surface area contributed by atoms with Crippen molar-refractivity contribution in [3.8, 4) is 11.5 Å². The predicted molar refractivity (Wildman–Crippen MR) is 147 cm³/mol. The van der Waals surface area contributed by atoms with E-state index in [1.54, 1.807) is 30.5 Å². The molecule has 0 saturated heterocycles. The number of hydrogen-bond donors (Lipinski definition) is 3. The maximum Gasteiger partial charge on any atom is 0.316 e. The van der Waals surface area contributed by atoms with Gasteiger partial charge in [-0.1, -0.05) is 23.2 Å². The molecule has 1 atom stereocenters. The number of hydrogen-bond acceptors (Lipinski definition) is 8. The fourth-order valence-electron chi connectivity index (χ4n) is 3.86. The molecule has 38 heavy (non-hydrogen) atoms. The number of nitrogens with one attached hydrogen (secondary N) is 2. The number of amidine groups is 1. The number of ketones is 1. The number of nitrogen functional groups attached to an aromatic ring is 1. The Morgan fingerprint density at radius 3 is 2.32 bits per heavy atom. The molecule has 0 radical (unpaired) electrons. The van der Waals surface area contributed by atoms with Gasteiger partial charge in [-0.2, -0.15) is 0 Å². The molecule has 4 N–H and O–H groups in total. The van der Waals surface area contributed by atoms with Crippen LogP contribution in [0.25, 0.3) is 11.5 Å². The Morgan fingerprint density at radius 2 is 1.76 bits per heavy atom. The Morgan fingerprint density at radius 1 is 1.08 bits per heavy atom. The van der Waals surface area contributed by atoms with Crippen LogP contribution < -0.4 is 11.3 Å². The van der Waals surface area contributed by atoms with E-state index < -0.39 is 5.92 Å². The lowest BCUT2D eigenvalue weighted by Gasteiger charge is -2.03. The molecule has 202 valence electrons. The number of Topliss-reactive ketones (excluding diaryl/α,β-unsaturated/α-hetero) is 1. The van der Waals surface area contributed by atoms with Gasteiger partial charge >= 0.3 is 5.97 Å². The van der Waals surface area contributed by atoms with E-state index in [4.69, 9.17) is 34.3 Å². The van der Waals surface area contributed by atoms with Crippen LogP contribution in [0.1, 0.15) is 42.6 Å². The number of pyridine rings is 2. The molecule has 3 aromatic rings. The second kappa shape index (κ2) is 14.6. The summed E-state index contributed by atoms with van der Waals surface area (Å²) in [7, 11) is 1.31. The van der Waals surface area contributed by atoms with Crippen molar-refractivity contribution < 1.29 is 14.3 Å². The number of carbonyl (C=O) groups excluding carboxylic acids is 2. The summed E-state index contributed by atoms with van der Waals surface area (Å²) in [5.41, 5.74) is 7.81. The number of esters is 1. The largest absolute Gasteiger partial charge is 0.468 e. The number of aromatic nitrogens is 4. The van der Waals surface area contributed by atoms with Crippen LogP contribution in [0.4, 0.5) is 0 Å². The number of aryl methyl sites for hydroxylation is 1. The number of halogens is 3. The molecule has 1 saturated carbocycles. The van der Waals surface area contributed by atoms with Gasteiger partial charge in [-0.25, -0.2) is 4.98 Å². The molecule has 0 spiro atoms. The SMILES string of the molecule is COC(=O)C1CCCC1=O.Cl.N=C(N)c1cc(Cl)ccn1.O=c1[nH]c(-c2cc(Cl)ccn2)nc2c1CCC2. The molecule has 1 fully saturated rings. The van der Waals surface area contributed by atoms with Gasteiger partial charge in [0, 0.05) is 34.4 Å². The minimum absolute atomic E-state index is 0. The Balaban J connectivity index is 0.000000210. The smallest absolute Gasteiger partial charge is 0.316 e. The van der Waals surface area contributed by atoms with E-state index in [9.17, 15) is 14.4 Å².